The Labute approximate surface area is 106 Å². The molecule has 2 heterocycles. The maximum absolute atomic E-state index is 11.3. The van der Waals surface area contributed by atoms with Gasteiger partial charge in [0.05, 0.1) is 11.3 Å². The van der Waals surface area contributed by atoms with E-state index in [1.54, 1.807) is 12.3 Å². The van der Waals surface area contributed by atoms with Crippen LogP contribution in [0.25, 0.3) is 0 Å². The van der Waals surface area contributed by atoms with Crippen molar-refractivity contribution in [1.29, 1.82) is 0 Å². The molecule has 1 aromatic rings. The third-order valence-electron chi connectivity index (χ3n) is 3.31. The van der Waals surface area contributed by atoms with E-state index in [0.717, 1.165) is 38.3 Å². The molecule has 1 aromatic heterocycles. The van der Waals surface area contributed by atoms with Crippen LogP contribution in [0.3, 0.4) is 0 Å². The summed E-state index contributed by atoms with van der Waals surface area (Å²) in [6, 6.07) is 3.60. The highest BCUT2D eigenvalue weighted by atomic mass is 16.2. The van der Waals surface area contributed by atoms with Crippen LogP contribution < -0.4 is 17.0 Å². The highest BCUT2D eigenvalue weighted by Crippen LogP contribution is 2.16. The molecule has 6 nitrogen and oxygen atoms in total. The third kappa shape index (κ3) is 3.04. The number of hydrazine groups is 1. The molecule has 0 aliphatic carbocycles. The number of pyridine rings is 1. The van der Waals surface area contributed by atoms with Crippen LogP contribution in [0.15, 0.2) is 18.3 Å². The van der Waals surface area contributed by atoms with Gasteiger partial charge in [0.1, 0.15) is 0 Å². The zero-order valence-electron chi connectivity index (χ0n) is 10.3. The fraction of sp³-hybridized carbons (Fsp3) is 0.500. The number of carbonyl (C=O) groups is 1. The van der Waals surface area contributed by atoms with Crippen LogP contribution in [0.2, 0.25) is 0 Å². The summed E-state index contributed by atoms with van der Waals surface area (Å²) in [5.41, 5.74) is 9.18. The Hall–Kier alpha value is -1.50. The van der Waals surface area contributed by atoms with Crippen LogP contribution in [0, 0.1) is 5.92 Å². The van der Waals surface area contributed by atoms with Crippen molar-refractivity contribution in [1.82, 2.24) is 15.3 Å². The van der Waals surface area contributed by atoms with E-state index in [-0.39, 0.29) is 5.91 Å². The quantitative estimate of drug-likeness (QED) is 0.378. The SMILES string of the molecule is NCC1CCN(Cc2ccc(C(=O)NN)cn2)C1. The van der Waals surface area contributed by atoms with Gasteiger partial charge in [-0.15, -0.1) is 0 Å². The number of carbonyl (C=O) groups excluding carboxylic acids is 1. The van der Waals surface area contributed by atoms with Gasteiger partial charge in [-0.2, -0.15) is 0 Å². The van der Waals surface area contributed by atoms with E-state index in [2.05, 4.69) is 15.3 Å². The largest absolute Gasteiger partial charge is 0.330 e. The van der Waals surface area contributed by atoms with E-state index >= 15 is 0 Å². The molecule has 0 bridgehead atoms. The summed E-state index contributed by atoms with van der Waals surface area (Å²) in [7, 11) is 0. The molecule has 0 radical (unpaired) electrons. The highest BCUT2D eigenvalue weighted by molar-refractivity contribution is 5.93. The van der Waals surface area contributed by atoms with Crippen LogP contribution in [0.1, 0.15) is 22.5 Å². The number of nitrogens with zero attached hydrogens (tertiary/aromatic N) is 2. The topological polar surface area (TPSA) is 97.3 Å². The molecular weight excluding hydrogens is 230 g/mol. The number of rotatable bonds is 4. The molecule has 0 spiro atoms. The highest BCUT2D eigenvalue weighted by Gasteiger charge is 2.21. The lowest BCUT2D eigenvalue weighted by atomic mass is 10.1. The van der Waals surface area contributed by atoms with Gasteiger partial charge in [0, 0.05) is 19.3 Å². The summed E-state index contributed by atoms with van der Waals surface area (Å²) in [6.07, 6.45) is 2.71. The van der Waals surface area contributed by atoms with Crippen molar-refractivity contribution < 1.29 is 4.79 Å². The van der Waals surface area contributed by atoms with Crippen LogP contribution in [-0.4, -0.2) is 35.4 Å². The number of likely N-dealkylation sites (tertiary alicyclic amines) is 1. The lowest BCUT2D eigenvalue weighted by Crippen LogP contribution is -2.30. The number of hydrogen-bond donors (Lipinski definition) is 3. The standard InChI is InChI=1S/C12H19N5O/c13-5-9-3-4-17(7-9)8-11-2-1-10(6-15-11)12(18)16-14/h1-2,6,9H,3-5,7-8,13-14H2,(H,16,18). The molecule has 98 valence electrons. The van der Waals surface area contributed by atoms with E-state index in [1.807, 2.05) is 6.07 Å². The molecule has 1 fully saturated rings. The Bertz CT molecular complexity index is 405. The van der Waals surface area contributed by atoms with Crippen molar-refractivity contribution in [3.63, 3.8) is 0 Å². The summed E-state index contributed by atoms with van der Waals surface area (Å²) in [6.45, 7) is 3.65. The molecule has 1 amide bonds. The van der Waals surface area contributed by atoms with Crippen molar-refractivity contribution in [2.45, 2.75) is 13.0 Å². The first-order valence-corrected chi connectivity index (χ1v) is 6.11. The number of nitrogens with two attached hydrogens (primary N) is 2. The lowest BCUT2D eigenvalue weighted by molar-refractivity contribution is 0.0953. The predicted molar refractivity (Wildman–Crippen MR) is 68.3 cm³/mol. The molecule has 0 aromatic carbocycles. The summed E-state index contributed by atoms with van der Waals surface area (Å²) in [5.74, 6) is 5.34. The number of nitrogens with one attached hydrogen (secondary N) is 1. The number of amides is 1. The zero-order chi connectivity index (χ0) is 13.0. The summed E-state index contributed by atoms with van der Waals surface area (Å²) >= 11 is 0. The van der Waals surface area contributed by atoms with Crippen molar-refractivity contribution >= 4 is 5.91 Å². The van der Waals surface area contributed by atoms with Gasteiger partial charge in [0.15, 0.2) is 0 Å². The van der Waals surface area contributed by atoms with E-state index in [9.17, 15) is 4.79 Å². The molecule has 6 heteroatoms. The van der Waals surface area contributed by atoms with Crippen molar-refractivity contribution in [2.24, 2.45) is 17.5 Å². The number of nitrogen functional groups attached to an aromatic ring is 1. The van der Waals surface area contributed by atoms with Gasteiger partial charge in [-0.25, -0.2) is 5.84 Å². The molecule has 2 rings (SSSR count). The molecule has 0 saturated carbocycles. The minimum atomic E-state index is -0.321. The zero-order valence-corrected chi connectivity index (χ0v) is 10.3. The Kier molecular flexibility index (Phi) is 4.24. The van der Waals surface area contributed by atoms with Crippen LogP contribution in [-0.2, 0) is 6.54 Å². The molecule has 1 aliphatic heterocycles. The second kappa shape index (κ2) is 5.90. The monoisotopic (exact) mass is 249 g/mol. The normalized spacial score (nSPS) is 20.0. The molecule has 5 N–H and O–H groups in total. The van der Waals surface area contributed by atoms with Gasteiger partial charge in [-0.1, -0.05) is 0 Å². The van der Waals surface area contributed by atoms with Gasteiger partial charge in [0.2, 0.25) is 0 Å². The molecular formula is C12H19N5O. The fourth-order valence-corrected chi connectivity index (χ4v) is 2.21. The minimum absolute atomic E-state index is 0.321. The van der Waals surface area contributed by atoms with Gasteiger partial charge in [-0.05, 0) is 37.6 Å². The first-order valence-electron chi connectivity index (χ1n) is 6.11. The fourth-order valence-electron chi connectivity index (χ4n) is 2.21. The minimum Gasteiger partial charge on any atom is -0.330 e. The first-order chi connectivity index (χ1) is 8.72. The Balaban J connectivity index is 1.92. The third-order valence-corrected chi connectivity index (χ3v) is 3.31. The lowest BCUT2D eigenvalue weighted by Gasteiger charge is -2.15. The van der Waals surface area contributed by atoms with Gasteiger partial charge in [0.25, 0.3) is 5.91 Å². The van der Waals surface area contributed by atoms with Gasteiger partial charge < -0.3 is 5.73 Å². The number of hydrogen-bond acceptors (Lipinski definition) is 5. The van der Waals surface area contributed by atoms with E-state index < -0.39 is 0 Å². The summed E-state index contributed by atoms with van der Waals surface area (Å²) in [4.78, 5) is 17.9. The molecule has 1 saturated heterocycles. The average Bonchev–Trinajstić information content (AvgIpc) is 2.86. The number of aromatic nitrogens is 1. The van der Waals surface area contributed by atoms with Crippen LogP contribution in [0.5, 0.6) is 0 Å². The molecule has 18 heavy (non-hydrogen) atoms. The maximum atomic E-state index is 11.3. The van der Waals surface area contributed by atoms with Crippen molar-refractivity contribution in [2.75, 3.05) is 19.6 Å². The van der Waals surface area contributed by atoms with Crippen molar-refractivity contribution in [3.8, 4) is 0 Å². The van der Waals surface area contributed by atoms with Gasteiger partial charge in [-0.3, -0.25) is 20.1 Å². The van der Waals surface area contributed by atoms with E-state index in [4.69, 9.17) is 11.6 Å². The first kappa shape index (κ1) is 12.9. The Morgan fingerprint density at radius 1 is 1.56 bits per heavy atom. The van der Waals surface area contributed by atoms with Gasteiger partial charge >= 0.3 is 0 Å². The van der Waals surface area contributed by atoms with E-state index in [1.165, 1.54) is 0 Å². The second-order valence-corrected chi connectivity index (χ2v) is 4.64. The molecule has 1 atom stereocenters. The van der Waals surface area contributed by atoms with Crippen LogP contribution in [0.4, 0.5) is 0 Å². The second-order valence-electron chi connectivity index (χ2n) is 4.64. The predicted octanol–water partition coefficient (Wildman–Crippen LogP) is -0.534. The van der Waals surface area contributed by atoms with Crippen LogP contribution >= 0.6 is 0 Å². The Morgan fingerprint density at radius 2 is 2.39 bits per heavy atom. The molecule has 1 unspecified atom stereocenters. The molecule has 1 aliphatic rings. The maximum Gasteiger partial charge on any atom is 0.266 e. The summed E-state index contributed by atoms with van der Waals surface area (Å²) in [5, 5.41) is 0. The Morgan fingerprint density at radius 3 is 2.94 bits per heavy atom. The van der Waals surface area contributed by atoms with E-state index in [0.29, 0.717) is 11.5 Å². The van der Waals surface area contributed by atoms with Crippen molar-refractivity contribution in [3.05, 3.63) is 29.6 Å². The average molecular weight is 249 g/mol. The smallest absolute Gasteiger partial charge is 0.266 e. The summed E-state index contributed by atoms with van der Waals surface area (Å²) < 4.78 is 0.